The summed E-state index contributed by atoms with van der Waals surface area (Å²) in [7, 11) is 0. The van der Waals surface area contributed by atoms with Gasteiger partial charge in [-0.1, -0.05) is 108 Å². The highest BCUT2D eigenvalue weighted by Gasteiger charge is 2.23. The summed E-state index contributed by atoms with van der Waals surface area (Å²) in [6, 6.07) is 0. The van der Waals surface area contributed by atoms with E-state index in [4.69, 9.17) is 0 Å². The number of allylic oxidation sites excluding steroid dienone is 4. The second-order valence-electron chi connectivity index (χ2n) is 9.22. The molecule has 0 amide bonds. The average Bonchev–Trinajstić information content (AvgIpc) is 2.69. The van der Waals surface area contributed by atoms with Crippen molar-refractivity contribution < 1.29 is 0 Å². The van der Waals surface area contributed by atoms with Crippen LogP contribution >= 0.6 is 0 Å². The third-order valence-corrected chi connectivity index (χ3v) is 6.71. The Morgan fingerprint density at radius 1 is 0.679 bits per heavy atom. The number of rotatable bonds is 16. The van der Waals surface area contributed by atoms with Crippen molar-refractivity contribution in [1.82, 2.24) is 0 Å². The van der Waals surface area contributed by atoms with Gasteiger partial charge >= 0.3 is 0 Å². The molecule has 0 N–H and O–H groups in total. The molecule has 0 spiro atoms. The maximum atomic E-state index is 2.69. The summed E-state index contributed by atoms with van der Waals surface area (Å²) in [5.74, 6) is 0.789. The average molecular weight is 389 g/mol. The molecule has 1 rings (SSSR count). The van der Waals surface area contributed by atoms with Gasteiger partial charge in [0, 0.05) is 5.92 Å². The second-order valence-corrected chi connectivity index (χ2v) is 9.22. The fourth-order valence-corrected chi connectivity index (χ4v) is 4.98. The lowest BCUT2D eigenvalue weighted by atomic mass is 9.76. The van der Waals surface area contributed by atoms with Crippen molar-refractivity contribution in [3.8, 4) is 0 Å². The first-order valence-corrected chi connectivity index (χ1v) is 13.2. The predicted octanol–water partition coefficient (Wildman–Crippen LogP) is 10.3. The standard InChI is InChI=1S/C28H52/c1-5-9-13-19-25-21-17-18-22-26(20-14-10-6-2)28(24-16-12-8-4)27(25)23-15-11-7-3/h21,27H,5-20,22-24H2,1-4H3/b25-21+,28-26+. The number of hydrogen-bond donors (Lipinski definition) is 0. The molecule has 1 aliphatic carbocycles. The van der Waals surface area contributed by atoms with Gasteiger partial charge < -0.3 is 0 Å². The molecule has 0 heteroatoms. The number of hydrogen-bond acceptors (Lipinski definition) is 0. The van der Waals surface area contributed by atoms with Crippen molar-refractivity contribution in [2.24, 2.45) is 5.92 Å². The Bertz CT molecular complexity index is 425. The van der Waals surface area contributed by atoms with E-state index in [0.29, 0.717) is 0 Å². The van der Waals surface area contributed by atoms with E-state index >= 15 is 0 Å². The fourth-order valence-electron chi connectivity index (χ4n) is 4.98. The molecule has 0 heterocycles. The molecule has 28 heavy (non-hydrogen) atoms. The van der Waals surface area contributed by atoms with E-state index in [9.17, 15) is 0 Å². The van der Waals surface area contributed by atoms with Crippen LogP contribution < -0.4 is 0 Å². The molecule has 1 aliphatic rings. The third kappa shape index (κ3) is 10.3. The maximum Gasteiger partial charge on any atom is 0.000959 e. The Morgan fingerprint density at radius 2 is 1.25 bits per heavy atom. The van der Waals surface area contributed by atoms with Crippen LogP contribution in [0.1, 0.15) is 150 Å². The van der Waals surface area contributed by atoms with Gasteiger partial charge in [0.2, 0.25) is 0 Å². The zero-order valence-corrected chi connectivity index (χ0v) is 20.1. The van der Waals surface area contributed by atoms with Crippen LogP contribution in [-0.4, -0.2) is 0 Å². The molecular weight excluding hydrogens is 336 g/mol. The lowest BCUT2D eigenvalue weighted by Gasteiger charge is -2.30. The van der Waals surface area contributed by atoms with E-state index in [0.717, 1.165) is 5.92 Å². The van der Waals surface area contributed by atoms with Crippen molar-refractivity contribution in [1.29, 1.82) is 0 Å². The topological polar surface area (TPSA) is 0 Å². The van der Waals surface area contributed by atoms with Crippen LogP contribution in [0.5, 0.6) is 0 Å². The summed E-state index contributed by atoms with van der Waals surface area (Å²) >= 11 is 0. The maximum absolute atomic E-state index is 2.69. The molecule has 164 valence electrons. The van der Waals surface area contributed by atoms with Crippen LogP contribution in [0, 0.1) is 5.92 Å². The van der Waals surface area contributed by atoms with Crippen molar-refractivity contribution in [3.63, 3.8) is 0 Å². The summed E-state index contributed by atoms with van der Waals surface area (Å²) in [4.78, 5) is 0. The molecule has 0 fully saturated rings. The van der Waals surface area contributed by atoms with E-state index in [2.05, 4.69) is 33.8 Å². The minimum atomic E-state index is 0.789. The molecule has 0 aromatic heterocycles. The Labute approximate surface area is 178 Å². The zero-order valence-electron chi connectivity index (χ0n) is 20.1. The highest BCUT2D eigenvalue weighted by molar-refractivity contribution is 5.28. The molecular formula is C28H52. The lowest BCUT2D eigenvalue weighted by Crippen LogP contribution is -2.14. The Morgan fingerprint density at radius 3 is 1.89 bits per heavy atom. The summed E-state index contributed by atoms with van der Waals surface area (Å²) in [6.45, 7) is 9.39. The second kappa shape index (κ2) is 17.3. The summed E-state index contributed by atoms with van der Waals surface area (Å²) in [5, 5.41) is 0. The third-order valence-electron chi connectivity index (χ3n) is 6.71. The minimum absolute atomic E-state index is 0.789. The highest BCUT2D eigenvalue weighted by Crippen LogP contribution is 2.39. The van der Waals surface area contributed by atoms with E-state index in [1.807, 2.05) is 16.7 Å². The molecule has 0 aromatic carbocycles. The van der Waals surface area contributed by atoms with Gasteiger partial charge in [0.1, 0.15) is 0 Å². The van der Waals surface area contributed by atoms with Gasteiger partial charge in [0.05, 0.1) is 0 Å². The predicted molar refractivity (Wildman–Crippen MR) is 129 cm³/mol. The van der Waals surface area contributed by atoms with Crippen molar-refractivity contribution in [2.75, 3.05) is 0 Å². The van der Waals surface area contributed by atoms with Crippen molar-refractivity contribution in [3.05, 3.63) is 22.8 Å². The smallest absolute Gasteiger partial charge is 0.000959 e. The van der Waals surface area contributed by atoms with Crippen molar-refractivity contribution in [2.45, 2.75) is 150 Å². The molecule has 0 saturated carbocycles. The first-order valence-electron chi connectivity index (χ1n) is 13.2. The van der Waals surface area contributed by atoms with E-state index < -0.39 is 0 Å². The van der Waals surface area contributed by atoms with Gasteiger partial charge in [-0.3, -0.25) is 0 Å². The summed E-state index contributed by atoms with van der Waals surface area (Å²) in [6.07, 6.45) is 29.0. The normalized spacial score (nSPS) is 22.6. The quantitative estimate of drug-likeness (QED) is 0.182. The van der Waals surface area contributed by atoms with Gasteiger partial charge in [0.15, 0.2) is 0 Å². The van der Waals surface area contributed by atoms with Crippen LogP contribution in [0.25, 0.3) is 0 Å². The fraction of sp³-hybridized carbons (Fsp3) is 0.857. The van der Waals surface area contributed by atoms with Crippen LogP contribution in [0.2, 0.25) is 0 Å². The molecule has 0 saturated heterocycles. The molecule has 0 aromatic rings. The first kappa shape index (κ1) is 25.5. The van der Waals surface area contributed by atoms with E-state index in [1.165, 1.54) is 122 Å². The lowest BCUT2D eigenvalue weighted by molar-refractivity contribution is 0.507. The number of unbranched alkanes of at least 4 members (excludes halogenated alkanes) is 8. The van der Waals surface area contributed by atoms with E-state index in [1.54, 1.807) is 0 Å². The monoisotopic (exact) mass is 388 g/mol. The van der Waals surface area contributed by atoms with Crippen LogP contribution in [0.4, 0.5) is 0 Å². The van der Waals surface area contributed by atoms with Gasteiger partial charge in [0.25, 0.3) is 0 Å². The SMILES string of the molecule is CCCCC/C1=C\CCC/C(CCCCC)=C(\CCCCC)C1CCCCC. The minimum Gasteiger partial charge on any atom is -0.0847 e. The Hall–Kier alpha value is -0.520. The van der Waals surface area contributed by atoms with Gasteiger partial charge in [-0.25, -0.2) is 0 Å². The van der Waals surface area contributed by atoms with Gasteiger partial charge in [-0.2, -0.15) is 0 Å². The molecule has 0 nitrogen and oxygen atoms in total. The van der Waals surface area contributed by atoms with Crippen LogP contribution in [0.15, 0.2) is 22.8 Å². The van der Waals surface area contributed by atoms with Crippen LogP contribution in [0.3, 0.4) is 0 Å². The first-order chi connectivity index (χ1) is 13.8. The highest BCUT2D eigenvalue weighted by atomic mass is 14.3. The Kier molecular flexibility index (Phi) is 15.8. The largest absolute Gasteiger partial charge is 0.0847 e. The van der Waals surface area contributed by atoms with Crippen molar-refractivity contribution >= 4 is 0 Å². The van der Waals surface area contributed by atoms with Gasteiger partial charge in [-0.15, -0.1) is 0 Å². The van der Waals surface area contributed by atoms with Gasteiger partial charge in [-0.05, 0) is 64.2 Å². The molecule has 0 radical (unpaired) electrons. The Balaban J connectivity index is 3.08. The molecule has 0 bridgehead atoms. The van der Waals surface area contributed by atoms with Crippen LogP contribution in [-0.2, 0) is 0 Å². The molecule has 1 unspecified atom stereocenters. The van der Waals surface area contributed by atoms with E-state index in [-0.39, 0.29) is 0 Å². The summed E-state index contributed by atoms with van der Waals surface area (Å²) in [5.41, 5.74) is 5.65. The molecule has 0 aliphatic heterocycles. The summed E-state index contributed by atoms with van der Waals surface area (Å²) < 4.78 is 0. The molecule has 1 atom stereocenters. The zero-order chi connectivity index (χ0) is 20.5.